The fourth-order valence-electron chi connectivity index (χ4n) is 2.84. The molecule has 0 aliphatic carbocycles. The van der Waals surface area contributed by atoms with Crippen LogP contribution < -0.4 is 16.0 Å². The van der Waals surface area contributed by atoms with Gasteiger partial charge in [0.15, 0.2) is 0 Å². The Bertz CT molecular complexity index is 835. The zero-order chi connectivity index (χ0) is 21.4. The molecule has 0 bridgehead atoms. The topological polar surface area (TPSA) is 96.5 Å². The first-order valence-electron chi connectivity index (χ1n) is 9.43. The van der Waals surface area contributed by atoms with Crippen molar-refractivity contribution >= 4 is 23.6 Å². The lowest BCUT2D eigenvalue weighted by Gasteiger charge is -2.24. The lowest BCUT2D eigenvalue weighted by molar-refractivity contribution is -0.145. The highest BCUT2D eigenvalue weighted by Crippen LogP contribution is 2.24. The first-order valence-corrected chi connectivity index (χ1v) is 9.43. The fourth-order valence-corrected chi connectivity index (χ4v) is 2.84. The van der Waals surface area contributed by atoms with Crippen molar-refractivity contribution in [1.82, 2.24) is 10.6 Å². The zero-order valence-electron chi connectivity index (χ0n) is 17.1. The number of hydrogen-bond donors (Lipinski definition) is 3. The van der Waals surface area contributed by atoms with Crippen LogP contribution in [0.2, 0.25) is 0 Å². The molecule has 2 aromatic carbocycles. The Morgan fingerprint density at radius 1 is 0.862 bits per heavy atom. The van der Waals surface area contributed by atoms with E-state index in [1.54, 1.807) is 31.2 Å². The summed E-state index contributed by atoms with van der Waals surface area (Å²) in [6.07, 6.45) is 0. The van der Waals surface area contributed by atoms with Gasteiger partial charge in [0.2, 0.25) is 0 Å². The molecule has 0 aromatic heterocycles. The molecule has 0 heterocycles. The van der Waals surface area contributed by atoms with E-state index in [0.29, 0.717) is 11.3 Å². The van der Waals surface area contributed by atoms with Crippen molar-refractivity contribution in [3.05, 3.63) is 65.7 Å². The quantitative estimate of drug-likeness (QED) is 0.623. The molecular formula is C22H27N3O4. The molecule has 154 valence electrons. The molecule has 29 heavy (non-hydrogen) atoms. The molecular weight excluding hydrogens is 370 g/mol. The number of hydrogen-bond acceptors (Lipinski definition) is 4. The number of carbonyl (C=O) groups is 3. The lowest BCUT2D eigenvalue weighted by atomic mass is 9.94. The van der Waals surface area contributed by atoms with Crippen molar-refractivity contribution in [2.24, 2.45) is 5.92 Å². The molecule has 0 radical (unpaired) electrons. The van der Waals surface area contributed by atoms with Gasteiger partial charge in [-0.2, -0.15) is 0 Å². The van der Waals surface area contributed by atoms with Gasteiger partial charge in [-0.05, 0) is 50.6 Å². The van der Waals surface area contributed by atoms with Crippen LogP contribution in [0.3, 0.4) is 0 Å². The number of benzene rings is 2. The van der Waals surface area contributed by atoms with Gasteiger partial charge < -0.3 is 20.7 Å². The van der Waals surface area contributed by atoms with Crippen LogP contribution in [-0.4, -0.2) is 31.1 Å². The standard InChI is InChI=1S/C22H27N3O4/c1-14(2)23-22(28)24-18-12-10-17(11-13-18)20(26)25-19(15(3)21(27)29-4)16-8-6-5-7-9-16/h5-15,19H,1-4H3,(H,25,26)(H2,23,24,28)/t15-,19-/m1/s1. The highest BCUT2D eigenvalue weighted by molar-refractivity contribution is 5.96. The van der Waals surface area contributed by atoms with Gasteiger partial charge in [-0.25, -0.2) is 4.79 Å². The average molecular weight is 397 g/mol. The Morgan fingerprint density at radius 2 is 1.48 bits per heavy atom. The Balaban J connectivity index is 2.12. The molecule has 0 aliphatic heterocycles. The highest BCUT2D eigenvalue weighted by Gasteiger charge is 2.28. The molecule has 0 unspecified atom stereocenters. The van der Waals surface area contributed by atoms with Crippen molar-refractivity contribution in [3.63, 3.8) is 0 Å². The maximum atomic E-state index is 12.8. The summed E-state index contributed by atoms with van der Waals surface area (Å²) >= 11 is 0. The number of ether oxygens (including phenoxy) is 1. The van der Waals surface area contributed by atoms with E-state index >= 15 is 0 Å². The fraction of sp³-hybridized carbons (Fsp3) is 0.318. The third kappa shape index (κ3) is 6.34. The summed E-state index contributed by atoms with van der Waals surface area (Å²) in [6, 6.07) is 15.0. The molecule has 0 aliphatic rings. The van der Waals surface area contributed by atoms with Gasteiger partial charge in [0, 0.05) is 17.3 Å². The van der Waals surface area contributed by atoms with Crippen molar-refractivity contribution in [1.29, 1.82) is 0 Å². The summed E-state index contributed by atoms with van der Waals surface area (Å²) in [6.45, 7) is 5.45. The summed E-state index contributed by atoms with van der Waals surface area (Å²) < 4.78 is 4.85. The van der Waals surface area contributed by atoms with Gasteiger partial charge >= 0.3 is 12.0 Å². The van der Waals surface area contributed by atoms with Gasteiger partial charge in [0.25, 0.3) is 5.91 Å². The number of nitrogens with one attached hydrogen (secondary N) is 3. The molecule has 0 saturated carbocycles. The van der Waals surface area contributed by atoms with Gasteiger partial charge in [0.05, 0.1) is 19.1 Å². The summed E-state index contributed by atoms with van der Waals surface area (Å²) in [5.41, 5.74) is 1.79. The minimum absolute atomic E-state index is 0.0202. The smallest absolute Gasteiger partial charge is 0.319 e. The molecule has 7 heteroatoms. The number of rotatable bonds is 7. The zero-order valence-corrected chi connectivity index (χ0v) is 17.1. The van der Waals surface area contributed by atoms with E-state index in [1.165, 1.54) is 7.11 Å². The molecule has 7 nitrogen and oxygen atoms in total. The Morgan fingerprint density at radius 3 is 2.03 bits per heavy atom. The maximum Gasteiger partial charge on any atom is 0.319 e. The normalized spacial score (nSPS) is 12.6. The Labute approximate surface area is 170 Å². The molecule has 2 atom stereocenters. The number of carbonyl (C=O) groups excluding carboxylic acids is 3. The Hall–Kier alpha value is -3.35. The number of anilines is 1. The number of esters is 1. The molecule has 0 spiro atoms. The van der Waals surface area contributed by atoms with Crippen LogP contribution in [0, 0.1) is 5.92 Å². The second kappa shape index (κ2) is 10.3. The minimum Gasteiger partial charge on any atom is -0.469 e. The second-order valence-electron chi connectivity index (χ2n) is 7.00. The number of amides is 3. The third-order valence-corrected chi connectivity index (χ3v) is 4.34. The van der Waals surface area contributed by atoms with Crippen LogP contribution in [0.25, 0.3) is 0 Å². The summed E-state index contributed by atoms with van der Waals surface area (Å²) in [5, 5.41) is 8.34. The van der Waals surface area contributed by atoms with Crippen LogP contribution in [0.5, 0.6) is 0 Å². The molecule has 0 fully saturated rings. The SMILES string of the molecule is COC(=O)[C@H](C)[C@@H](NC(=O)c1ccc(NC(=O)NC(C)C)cc1)c1ccccc1. The first-order chi connectivity index (χ1) is 13.8. The maximum absolute atomic E-state index is 12.8. The summed E-state index contributed by atoms with van der Waals surface area (Å²) in [4.78, 5) is 36.6. The molecule has 0 saturated heterocycles. The van der Waals surface area contributed by atoms with Crippen LogP contribution >= 0.6 is 0 Å². The molecule has 2 rings (SSSR count). The molecule has 2 aromatic rings. The summed E-state index contributed by atoms with van der Waals surface area (Å²) in [7, 11) is 1.32. The second-order valence-corrected chi connectivity index (χ2v) is 7.00. The van der Waals surface area contributed by atoms with E-state index < -0.39 is 17.9 Å². The Kier molecular flexibility index (Phi) is 7.77. The number of urea groups is 1. The van der Waals surface area contributed by atoms with Gasteiger partial charge in [0.1, 0.15) is 0 Å². The first kappa shape index (κ1) is 21.9. The molecule has 3 amide bonds. The van der Waals surface area contributed by atoms with Crippen LogP contribution in [0.15, 0.2) is 54.6 Å². The van der Waals surface area contributed by atoms with Gasteiger partial charge in [-0.3, -0.25) is 9.59 Å². The van der Waals surface area contributed by atoms with E-state index in [9.17, 15) is 14.4 Å². The van der Waals surface area contributed by atoms with Crippen molar-refractivity contribution in [2.45, 2.75) is 32.9 Å². The monoisotopic (exact) mass is 397 g/mol. The van der Waals surface area contributed by atoms with E-state index in [0.717, 1.165) is 5.56 Å². The van der Waals surface area contributed by atoms with E-state index in [2.05, 4.69) is 16.0 Å². The van der Waals surface area contributed by atoms with Crippen LogP contribution in [0.1, 0.15) is 42.7 Å². The van der Waals surface area contributed by atoms with E-state index in [-0.39, 0.29) is 18.0 Å². The summed E-state index contributed by atoms with van der Waals surface area (Å²) in [5.74, 6) is -1.30. The largest absolute Gasteiger partial charge is 0.469 e. The predicted octanol–water partition coefficient (Wildman–Crippen LogP) is 3.50. The highest BCUT2D eigenvalue weighted by atomic mass is 16.5. The van der Waals surface area contributed by atoms with Crippen molar-refractivity contribution in [3.8, 4) is 0 Å². The predicted molar refractivity (Wildman–Crippen MR) is 112 cm³/mol. The van der Waals surface area contributed by atoms with Gasteiger partial charge in [-0.15, -0.1) is 0 Å². The van der Waals surface area contributed by atoms with E-state index in [1.807, 2.05) is 44.2 Å². The number of methoxy groups -OCH3 is 1. The lowest BCUT2D eigenvalue weighted by Crippen LogP contribution is -2.36. The average Bonchev–Trinajstić information content (AvgIpc) is 2.71. The van der Waals surface area contributed by atoms with Crippen molar-refractivity contribution in [2.75, 3.05) is 12.4 Å². The third-order valence-electron chi connectivity index (χ3n) is 4.34. The van der Waals surface area contributed by atoms with E-state index in [4.69, 9.17) is 4.74 Å². The van der Waals surface area contributed by atoms with Crippen molar-refractivity contribution < 1.29 is 19.1 Å². The molecule has 3 N–H and O–H groups in total. The van der Waals surface area contributed by atoms with Crippen LogP contribution in [0.4, 0.5) is 10.5 Å². The van der Waals surface area contributed by atoms with Gasteiger partial charge in [-0.1, -0.05) is 30.3 Å². The van der Waals surface area contributed by atoms with Crippen LogP contribution in [-0.2, 0) is 9.53 Å². The minimum atomic E-state index is -0.563.